The second-order valence-corrected chi connectivity index (χ2v) is 7.34. The summed E-state index contributed by atoms with van der Waals surface area (Å²) in [7, 11) is 1.69. The zero-order valence-corrected chi connectivity index (χ0v) is 16.1. The van der Waals surface area contributed by atoms with Crippen molar-refractivity contribution < 1.29 is 14.9 Å². The molecule has 1 unspecified atom stereocenters. The molecular weight excluding hydrogens is 348 g/mol. The van der Waals surface area contributed by atoms with E-state index in [0.717, 1.165) is 29.7 Å². The zero-order valence-electron chi connectivity index (χ0n) is 16.1. The highest BCUT2D eigenvalue weighted by atomic mass is 16.5. The number of benzene rings is 3. The van der Waals surface area contributed by atoms with Crippen LogP contribution in [0.5, 0.6) is 17.2 Å². The van der Waals surface area contributed by atoms with Crippen molar-refractivity contribution in [1.82, 2.24) is 0 Å². The largest absolute Gasteiger partial charge is 0.508 e. The summed E-state index contributed by atoms with van der Waals surface area (Å²) >= 11 is 0. The van der Waals surface area contributed by atoms with E-state index in [4.69, 9.17) is 4.74 Å². The Hall–Kier alpha value is -3.20. The molecule has 1 atom stereocenters. The van der Waals surface area contributed by atoms with E-state index in [2.05, 4.69) is 13.0 Å². The van der Waals surface area contributed by atoms with E-state index in [1.165, 1.54) is 22.3 Å². The molecule has 3 heteroatoms. The van der Waals surface area contributed by atoms with Crippen LogP contribution >= 0.6 is 0 Å². The molecule has 3 aromatic rings. The van der Waals surface area contributed by atoms with Crippen LogP contribution < -0.4 is 4.74 Å². The van der Waals surface area contributed by atoms with Gasteiger partial charge >= 0.3 is 0 Å². The van der Waals surface area contributed by atoms with Gasteiger partial charge in [0.1, 0.15) is 17.2 Å². The first-order chi connectivity index (χ1) is 13.6. The van der Waals surface area contributed by atoms with Gasteiger partial charge in [-0.25, -0.2) is 0 Å². The van der Waals surface area contributed by atoms with E-state index >= 15 is 0 Å². The Kier molecular flexibility index (Phi) is 4.82. The predicted octanol–water partition coefficient (Wildman–Crippen LogP) is 5.46. The molecule has 0 saturated carbocycles. The molecule has 0 saturated heterocycles. The molecule has 3 nitrogen and oxygen atoms in total. The molecule has 142 valence electrons. The van der Waals surface area contributed by atoms with Crippen LogP contribution in [0, 0.1) is 0 Å². The summed E-state index contributed by atoms with van der Waals surface area (Å²) in [6.07, 6.45) is 1.61. The van der Waals surface area contributed by atoms with Gasteiger partial charge in [0.15, 0.2) is 0 Å². The van der Waals surface area contributed by atoms with Crippen molar-refractivity contribution in [3.8, 4) is 17.2 Å². The highest BCUT2D eigenvalue weighted by molar-refractivity contribution is 5.77. The van der Waals surface area contributed by atoms with Crippen LogP contribution in [0.3, 0.4) is 0 Å². The Morgan fingerprint density at radius 1 is 0.929 bits per heavy atom. The maximum absolute atomic E-state index is 10.1. The van der Waals surface area contributed by atoms with Gasteiger partial charge < -0.3 is 14.9 Å². The first-order valence-electron chi connectivity index (χ1n) is 9.49. The lowest BCUT2D eigenvalue weighted by Gasteiger charge is -2.30. The molecule has 3 aromatic carbocycles. The molecule has 0 fully saturated rings. The van der Waals surface area contributed by atoms with Gasteiger partial charge in [0.25, 0.3) is 0 Å². The van der Waals surface area contributed by atoms with Crippen molar-refractivity contribution in [3.05, 3.63) is 94.6 Å². The van der Waals surface area contributed by atoms with E-state index in [1.807, 2.05) is 42.5 Å². The van der Waals surface area contributed by atoms with Crippen LogP contribution in [-0.4, -0.2) is 17.3 Å². The van der Waals surface area contributed by atoms with E-state index < -0.39 is 0 Å². The second-order valence-electron chi connectivity index (χ2n) is 7.34. The minimum atomic E-state index is 0.238. The molecule has 2 N–H and O–H groups in total. The number of methoxy groups -OCH3 is 1. The van der Waals surface area contributed by atoms with Gasteiger partial charge in [-0.1, -0.05) is 42.0 Å². The summed E-state index contributed by atoms with van der Waals surface area (Å²) in [6.45, 7) is 2.18. The second kappa shape index (κ2) is 7.43. The third-order valence-corrected chi connectivity index (χ3v) is 5.70. The van der Waals surface area contributed by atoms with Crippen LogP contribution in [-0.2, 0) is 12.8 Å². The number of para-hydroxylation sites is 1. The molecule has 0 radical (unpaired) electrons. The number of aromatic hydroxyl groups is 2. The lowest BCUT2D eigenvalue weighted by atomic mass is 9.74. The van der Waals surface area contributed by atoms with Crippen molar-refractivity contribution in [3.63, 3.8) is 0 Å². The lowest BCUT2D eigenvalue weighted by molar-refractivity contribution is 0.411. The average Bonchev–Trinajstić information content (AvgIpc) is 2.71. The van der Waals surface area contributed by atoms with E-state index in [9.17, 15) is 10.2 Å². The Morgan fingerprint density at radius 2 is 1.64 bits per heavy atom. The van der Waals surface area contributed by atoms with Crippen LogP contribution in [0.4, 0.5) is 0 Å². The summed E-state index contributed by atoms with van der Waals surface area (Å²) in [4.78, 5) is 0. The minimum absolute atomic E-state index is 0.238. The fraction of sp³-hybridized carbons (Fsp3) is 0.200. The number of allylic oxidation sites excluding steroid dienone is 2. The van der Waals surface area contributed by atoms with Crippen LogP contribution in [0.15, 0.2) is 72.3 Å². The van der Waals surface area contributed by atoms with Gasteiger partial charge in [0, 0.05) is 12.3 Å². The smallest absolute Gasteiger partial charge is 0.122 e. The summed E-state index contributed by atoms with van der Waals surface area (Å²) < 4.78 is 5.56. The summed E-state index contributed by atoms with van der Waals surface area (Å²) in [6, 6.07) is 21.2. The number of fused-ring (bicyclic) bond motifs is 1. The average molecular weight is 372 g/mol. The van der Waals surface area contributed by atoms with E-state index in [-0.39, 0.29) is 17.4 Å². The zero-order chi connectivity index (χ0) is 19.7. The molecule has 1 aliphatic carbocycles. The number of phenolic OH excluding ortho intramolecular Hbond substituents is 2. The molecule has 0 heterocycles. The van der Waals surface area contributed by atoms with Crippen LogP contribution in [0.2, 0.25) is 0 Å². The first kappa shape index (κ1) is 18.2. The number of rotatable bonds is 4. The third-order valence-electron chi connectivity index (χ3n) is 5.70. The van der Waals surface area contributed by atoms with Gasteiger partial charge in [0.2, 0.25) is 0 Å². The molecule has 0 aromatic heterocycles. The van der Waals surface area contributed by atoms with Crippen molar-refractivity contribution in [2.75, 3.05) is 7.11 Å². The maximum atomic E-state index is 10.1. The molecular formula is C25H24O3. The van der Waals surface area contributed by atoms with E-state index in [1.54, 1.807) is 25.3 Å². The number of hydrogen-bond acceptors (Lipinski definition) is 3. The fourth-order valence-corrected chi connectivity index (χ4v) is 4.17. The molecule has 0 amide bonds. The predicted molar refractivity (Wildman–Crippen MR) is 112 cm³/mol. The molecule has 4 rings (SSSR count). The number of hydrogen-bond donors (Lipinski definition) is 2. The minimum Gasteiger partial charge on any atom is -0.508 e. The Bertz CT molecular complexity index is 1030. The normalized spacial score (nSPS) is 16.0. The first-order valence-corrected chi connectivity index (χ1v) is 9.49. The Balaban J connectivity index is 1.84. The van der Waals surface area contributed by atoms with Crippen molar-refractivity contribution in [1.29, 1.82) is 0 Å². The molecule has 0 aliphatic heterocycles. The monoisotopic (exact) mass is 372 g/mol. The maximum Gasteiger partial charge on any atom is 0.122 e. The third kappa shape index (κ3) is 3.36. The van der Waals surface area contributed by atoms with E-state index in [0.29, 0.717) is 0 Å². The highest BCUT2D eigenvalue weighted by Gasteiger charge is 2.26. The lowest BCUT2D eigenvalue weighted by Crippen LogP contribution is -2.15. The number of phenols is 2. The van der Waals surface area contributed by atoms with Crippen LogP contribution in [0.25, 0.3) is 5.57 Å². The Morgan fingerprint density at radius 3 is 2.39 bits per heavy atom. The summed E-state index contributed by atoms with van der Waals surface area (Å²) in [5.41, 5.74) is 7.16. The molecule has 0 bridgehead atoms. The number of ether oxygens (including phenoxy) is 1. The summed E-state index contributed by atoms with van der Waals surface area (Å²) in [5.74, 6) is 1.67. The topological polar surface area (TPSA) is 49.7 Å². The van der Waals surface area contributed by atoms with Gasteiger partial charge in [0.05, 0.1) is 7.11 Å². The van der Waals surface area contributed by atoms with Crippen LogP contribution in [0.1, 0.15) is 35.1 Å². The van der Waals surface area contributed by atoms with Crippen molar-refractivity contribution >= 4 is 5.57 Å². The van der Waals surface area contributed by atoms with Gasteiger partial charge in [-0.05, 0) is 71.5 Å². The molecule has 1 aliphatic rings. The van der Waals surface area contributed by atoms with Gasteiger partial charge in [-0.2, -0.15) is 0 Å². The Labute approximate surface area is 165 Å². The van der Waals surface area contributed by atoms with Crippen molar-refractivity contribution in [2.24, 2.45) is 0 Å². The van der Waals surface area contributed by atoms with Crippen molar-refractivity contribution in [2.45, 2.75) is 25.7 Å². The van der Waals surface area contributed by atoms with Gasteiger partial charge in [-0.15, -0.1) is 0 Å². The highest BCUT2D eigenvalue weighted by Crippen LogP contribution is 2.43. The van der Waals surface area contributed by atoms with Gasteiger partial charge in [-0.3, -0.25) is 0 Å². The molecule has 28 heavy (non-hydrogen) atoms. The standard InChI is InChI=1S/C25H24O3/c1-16-22(17-7-10-20(26)11-8-17)13-18-9-12-21(27)15-24(18)23(16)14-19-5-3-4-6-25(19)28-2/h3-12,15,22,26-27H,13-14H2,1-2H3. The molecule has 0 spiro atoms. The quantitative estimate of drug-likeness (QED) is 0.639. The fourth-order valence-electron chi connectivity index (χ4n) is 4.17. The summed E-state index contributed by atoms with van der Waals surface area (Å²) in [5, 5.41) is 19.8. The SMILES string of the molecule is COc1ccccc1CC1=C(C)C(c2ccc(O)cc2)Cc2ccc(O)cc21.